The van der Waals surface area contributed by atoms with E-state index in [0.29, 0.717) is 18.3 Å². The lowest BCUT2D eigenvalue weighted by molar-refractivity contribution is -0.205. The number of aliphatic hydroxyl groups is 3. The van der Waals surface area contributed by atoms with Crippen LogP contribution in [0.5, 0.6) is 0 Å². The molecular formula is C24H34O5. The Kier molecular flexibility index (Phi) is 4.37. The molecule has 29 heavy (non-hydrogen) atoms. The van der Waals surface area contributed by atoms with Crippen molar-refractivity contribution in [1.29, 1.82) is 0 Å². The topological polar surface area (TPSA) is 90.9 Å². The average molecular weight is 403 g/mol. The maximum atomic E-state index is 12.2. The Morgan fingerprint density at radius 3 is 2.55 bits per heavy atom. The fourth-order valence-electron chi connectivity index (χ4n) is 8.38. The zero-order valence-corrected chi connectivity index (χ0v) is 17.5. The summed E-state index contributed by atoms with van der Waals surface area (Å²) in [6.07, 6.45) is 7.75. The lowest BCUT2D eigenvalue weighted by atomic mass is 9.43. The van der Waals surface area contributed by atoms with Crippen LogP contribution < -0.4 is 5.63 Å². The van der Waals surface area contributed by atoms with E-state index in [1.807, 2.05) is 0 Å². The van der Waals surface area contributed by atoms with Gasteiger partial charge in [-0.15, -0.1) is 0 Å². The summed E-state index contributed by atoms with van der Waals surface area (Å²) in [6, 6.07) is 3.16. The first-order valence-corrected chi connectivity index (χ1v) is 11.4. The molecule has 0 aromatic carbocycles. The summed E-state index contributed by atoms with van der Waals surface area (Å²) in [5, 5.41) is 33.5. The minimum absolute atomic E-state index is 0.168. The van der Waals surface area contributed by atoms with Gasteiger partial charge in [0.25, 0.3) is 0 Å². The Morgan fingerprint density at radius 1 is 1.03 bits per heavy atom. The normalized spacial score (nSPS) is 51.8. The third-order valence-electron chi connectivity index (χ3n) is 9.92. The standard InChI is InChI=1S/C24H34O5/c1-22-9-7-16(25)11-15(22)4-5-18-17(22)8-10-23(2)21(19(26)12-24(18,23)28)14-3-6-20(27)29-13-14/h3,6,13,15-19,21,25-26,28H,4-5,7-12H2,1-2H3/t15-,16+,17+,18?,19-,21+,22+,23-,24+/m1/s1. The van der Waals surface area contributed by atoms with Crippen LogP contribution in [0.15, 0.2) is 27.6 Å². The zero-order chi connectivity index (χ0) is 20.6. The Bertz CT molecular complexity index is 829. The smallest absolute Gasteiger partial charge is 0.335 e. The van der Waals surface area contributed by atoms with Gasteiger partial charge in [0.2, 0.25) is 0 Å². The predicted molar refractivity (Wildman–Crippen MR) is 108 cm³/mol. The molecule has 0 aliphatic heterocycles. The van der Waals surface area contributed by atoms with Gasteiger partial charge in [-0.05, 0) is 79.7 Å². The van der Waals surface area contributed by atoms with Crippen molar-refractivity contribution in [2.24, 2.45) is 28.6 Å². The van der Waals surface area contributed by atoms with E-state index in [1.165, 1.54) is 12.3 Å². The summed E-state index contributed by atoms with van der Waals surface area (Å²) >= 11 is 0. The van der Waals surface area contributed by atoms with Crippen LogP contribution in [0.3, 0.4) is 0 Å². The van der Waals surface area contributed by atoms with E-state index in [-0.39, 0.29) is 23.4 Å². The van der Waals surface area contributed by atoms with Crippen molar-refractivity contribution >= 4 is 0 Å². The second kappa shape index (κ2) is 6.41. The van der Waals surface area contributed by atoms with Crippen molar-refractivity contribution in [1.82, 2.24) is 0 Å². The molecule has 0 spiro atoms. The summed E-state index contributed by atoms with van der Waals surface area (Å²) < 4.78 is 5.11. The number of hydrogen-bond acceptors (Lipinski definition) is 5. The minimum atomic E-state index is -0.916. The highest BCUT2D eigenvalue weighted by Gasteiger charge is 2.69. The molecule has 0 amide bonds. The Morgan fingerprint density at radius 2 is 1.83 bits per heavy atom. The average Bonchev–Trinajstić information content (AvgIpc) is 2.88. The Labute approximate surface area is 172 Å². The van der Waals surface area contributed by atoms with Crippen LogP contribution in [0.25, 0.3) is 0 Å². The molecule has 4 aliphatic carbocycles. The summed E-state index contributed by atoms with van der Waals surface area (Å²) in [4.78, 5) is 11.4. The van der Waals surface area contributed by atoms with Gasteiger partial charge >= 0.3 is 5.63 Å². The van der Waals surface area contributed by atoms with Crippen molar-refractivity contribution in [2.45, 2.75) is 88.9 Å². The molecule has 0 saturated heterocycles. The fourth-order valence-corrected chi connectivity index (χ4v) is 8.38. The van der Waals surface area contributed by atoms with Crippen LogP contribution in [0, 0.1) is 28.6 Å². The molecule has 0 bridgehead atoms. The van der Waals surface area contributed by atoms with Gasteiger partial charge in [0, 0.05) is 23.8 Å². The van der Waals surface area contributed by atoms with Crippen molar-refractivity contribution in [3.63, 3.8) is 0 Å². The third kappa shape index (κ3) is 2.60. The van der Waals surface area contributed by atoms with Gasteiger partial charge < -0.3 is 19.7 Å². The van der Waals surface area contributed by atoms with E-state index in [9.17, 15) is 20.1 Å². The molecule has 4 fully saturated rings. The molecule has 4 aliphatic rings. The molecular weight excluding hydrogens is 368 g/mol. The maximum Gasteiger partial charge on any atom is 0.335 e. The highest BCUT2D eigenvalue weighted by atomic mass is 16.4. The number of rotatable bonds is 1. The molecule has 1 unspecified atom stereocenters. The molecule has 1 aromatic heterocycles. The van der Waals surface area contributed by atoms with E-state index < -0.39 is 22.7 Å². The lowest BCUT2D eigenvalue weighted by Gasteiger charge is -2.63. The van der Waals surface area contributed by atoms with Crippen LogP contribution in [-0.2, 0) is 0 Å². The number of aliphatic hydroxyl groups excluding tert-OH is 2. The van der Waals surface area contributed by atoms with Crippen LogP contribution in [0.1, 0.15) is 76.7 Å². The lowest BCUT2D eigenvalue weighted by Crippen LogP contribution is -2.62. The minimum Gasteiger partial charge on any atom is -0.431 e. The number of fused-ring (bicyclic) bond motifs is 5. The first-order valence-electron chi connectivity index (χ1n) is 11.4. The largest absolute Gasteiger partial charge is 0.431 e. The highest BCUT2D eigenvalue weighted by molar-refractivity contribution is 5.29. The molecule has 5 heteroatoms. The SMILES string of the molecule is C[C@]12CC[C@H](O)C[C@H]1CCC1[C@@H]2CC[C@]2(C)[C@@H](c3ccc(=O)oc3)[C@H](O)C[C@]12O. The predicted octanol–water partition coefficient (Wildman–Crippen LogP) is 3.21. The quantitative estimate of drug-likeness (QED) is 0.671. The van der Waals surface area contributed by atoms with Crippen molar-refractivity contribution < 1.29 is 19.7 Å². The van der Waals surface area contributed by atoms with Gasteiger partial charge in [-0.2, -0.15) is 0 Å². The summed E-state index contributed by atoms with van der Waals surface area (Å²) in [6.45, 7) is 4.52. The molecule has 5 rings (SSSR count). The van der Waals surface area contributed by atoms with E-state index in [2.05, 4.69) is 13.8 Å². The van der Waals surface area contributed by atoms with Gasteiger partial charge in [-0.3, -0.25) is 0 Å². The van der Waals surface area contributed by atoms with E-state index in [4.69, 9.17) is 4.42 Å². The van der Waals surface area contributed by atoms with Gasteiger partial charge in [0.1, 0.15) is 0 Å². The van der Waals surface area contributed by atoms with Crippen molar-refractivity contribution in [2.75, 3.05) is 0 Å². The Balaban J connectivity index is 1.52. The highest BCUT2D eigenvalue weighted by Crippen LogP contribution is 2.70. The van der Waals surface area contributed by atoms with Gasteiger partial charge in [-0.25, -0.2) is 4.79 Å². The molecule has 1 aromatic rings. The molecule has 9 atom stereocenters. The zero-order valence-electron chi connectivity index (χ0n) is 17.5. The molecule has 0 radical (unpaired) electrons. The monoisotopic (exact) mass is 402 g/mol. The second-order valence-electron chi connectivity index (χ2n) is 10.9. The van der Waals surface area contributed by atoms with Gasteiger partial charge in [-0.1, -0.05) is 13.8 Å². The van der Waals surface area contributed by atoms with Crippen LogP contribution in [-0.4, -0.2) is 33.1 Å². The summed E-state index contributed by atoms with van der Waals surface area (Å²) in [5.74, 6) is 0.919. The second-order valence-corrected chi connectivity index (χ2v) is 10.9. The molecule has 3 N–H and O–H groups in total. The Hall–Kier alpha value is -1.17. The van der Waals surface area contributed by atoms with Crippen LogP contribution >= 0.6 is 0 Å². The first-order chi connectivity index (χ1) is 13.7. The summed E-state index contributed by atoms with van der Waals surface area (Å²) in [5.41, 5.74) is -0.766. The first kappa shape index (κ1) is 19.8. The van der Waals surface area contributed by atoms with E-state index >= 15 is 0 Å². The third-order valence-corrected chi connectivity index (χ3v) is 9.92. The molecule has 1 heterocycles. The van der Waals surface area contributed by atoms with Gasteiger partial charge in [0.15, 0.2) is 0 Å². The number of hydrogen-bond donors (Lipinski definition) is 3. The van der Waals surface area contributed by atoms with E-state index in [0.717, 1.165) is 50.5 Å². The molecule has 160 valence electrons. The van der Waals surface area contributed by atoms with Gasteiger partial charge in [0.05, 0.1) is 24.1 Å². The van der Waals surface area contributed by atoms with Crippen LogP contribution in [0.2, 0.25) is 0 Å². The van der Waals surface area contributed by atoms with Crippen molar-refractivity contribution in [3.05, 3.63) is 34.4 Å². The molecule has 4 saturated carbocycles. The van der Waals surface area contributed by atoms with Crippen molar-refractivity contribution in [3.8, 4) is 0 Å². The summed E-state index contributed by atoms with van der Waals surface area (Å²) in [7, 11) is 0. The van der Waals surface area contributed by atoms with E-state index in [1.54, 1.807) is 6.07 Å². The van der Waals surface area contributed by atoms with Crippen LogP contribution in [0.4, 0.5) is 0 Å². The molecule has 5 nitrogen and oxygen atoms in total. The fraction of sp³-hybridized carbons (Fsp3) is 0.792. The maximum absolute atomic E-state index is 12.2.